The van der Waals surface area contributed by atoms with E-state index in [1.807, 2.05) is 23.1 Å². The minimum Gasteiger partial charge on any atom is -0.496 e. The normalized spacial score (nSPS) is 17.5. The summed E-state index contributed by atoms with van der Waals surface area (Å²) in [5, 5.41) is 0. The molecule has 2 aromatic carbocycles. The van der Waals surface area contributed by atoms with Gasteiger partial charge in [0.25, 0.3) is 0 Å². The predicted octanol–water partition coefficient (Wildman–Crippen LogP) is 4.10. The van der Waals surface area contributed by atoms with E-state index in [1.54, 1.807) is 26.4 Å². The third kappa shape index (κ3) is 3.60. The van der Waals surface area contributed by atoms with E-state index in [-0.39, 0.29) is 17.8 Å². The highest BCUT2D eigenvalue weighted by Gasteiger charge is 2.33. The van der Waals surface area contributed by atoms with Crippen LogP contribution in [0, 0.1) is 5.82 Å². The maximum atomic E-state index is 13.2. The molecule has 0 aliphatic carbocycles. The lowest BCUT2D eigenvalue weighted by Crippen LogP contribution is -2.38. The first-order valence-corrected chi connectivity index (χ1v) is 8.39. The minimum atomic E-state index is -0.281. The molecule has 4 nitrogen and oxygen atoms in total. The number of carbonyl (C=O) groups is 1. The molecule has 3 rings (SSSR count). The first-order valence-electron chi connectivity index (χ1n) is 8.39. The number of benzene rings is 2. The van der Waals surface area contributed by atoms with E-state index in [0.717, 1.165) is 24.0 Å². The Hall–Kier alpha value is -2.56. The molecule has 1 heterocycles. The molecule has 0 N–H and O–H groups in total. The van der Waals surface area contributed by atoms with Crippen molar-refractivity contribution >= 4 is 5.91 Å². The lowest BCUT2D eigenvalue weighted by molar-refractivity contribution is -0.137. The summed E-state index contributed by atoms with van der Waals surface area (Å²) in [5.41, 5.74) is 1.79. The molecule has 1 fully saturated rings. The second-order valence-corrected chi connectivity index (χ2v) is 6.13. The molecule has 1 amide bonds. The Balaban J connectivity index is 1.98. The molecule has 0 bridgehead atoms. The van der Waals surface area contributed by atoms with Gasteiger partial charge >= 0.3 is 0 Å². The SMILES string of the molecule is COc1cccc(OC)c1C1CCCC(=O)N1Cc1ccc(F)cc1. The van der Waals surface area contributed by atoms with Crippen LogP contribution < -0.4 is 9.47 Å². The van der Waals surface area contributed by atoms with Crippen LogP contribution in [-0.4, -0.2) is 25.0 Å². The molecule has 1 aliphatic heterocycles. The zero-order chi connectivity index (χ0) is 17.8. The molecule has 1 aliphatic rings. The average molecular weight is 343 g/mol. The second-order valence-electron chi connectivity index (χ2n) is 6.13. The maximum absolute atomic E-state index is 13.2. The highest BCUT2D eigenvalue weighted by molar-refractivity contribution is 5.78. The van der Waals surface area contributed by atoms with Crippen molar-refractivity contribution in [3.05, 3.63) is 59.4 Å². The third-order valence-corrected chi connectivity index (χ3v) is 4.63. The first kappa shape index (κ1) is 17.3. The number of likely N-dealkylation sites (tertiary alicyclic amines) is 1. The second kappa shape index (κ2) is 7.55. The van der Waals surface area contributed by atoms with Crippen LogP contribution in [0.1, 0.15) is 36.4 Å². The number of hydrogen-bond donors (Lipinski definition) is 0. The number of piperidine rings is 1. The van der Waals surface area contributed by atoms with Crippen LogP contribution in [-0.2, 0) is 11.3 Å². The number of hydrogen-bond acceptors (Lipinski definition) is 3. The summed E-state index contributed by atoms with van der Waals surface area (Å²) in [4.78, 5) is 14.5. The molecule has 0 aromatic heterocycles. The highest BCUT2D eigenvalue weighted by Crippen LogP contribution is 2.42. The Labute approximate surface area is 147 Å². The van der Waals surface area contributed by atoms with E-state index in [1.165, 1.54) is 12.1 Å². The standard InChI is InChI=1S/C20H22FNO3/c1-24-17-6-4-7-18(25-2)20(17)16-5-3-8-19(23)22(16)13-14-9-11-15(21)12-10-14/h4,6-7,9-12,16H,3,5,8,13H2,1-2H3. The highest BCUT2D eigenvalue weighted by atomic mass is 19.1. The Bertz CT molecular complexity index is 723. The first-order chi connectivity index (χ1) is 12.1. The number of halogens is 1. The Morgan fingerprint density at radius 3 is 2.32 bits per heavy atom. The molecule has 0 saturated carbocycles. The fourth-order valence-corrected chi connectivity index (χ4v) is 3.41. The predicted molar refractivity (Wildman–Crippen MR) is 93.1 cm³/mol. The van der Waals surface area contributed by atoms with Crippen molar-refractivity contribution in [2.45, 2.75) is 31.8 Å². The van der Waals surface area contributed by atoms with Gasteiger partial charge in [-0.15, -0.1) is 0 Å². The van der Waals surface area contributed by atoms with Gasteiger partial charge in [0.1, 0.15) is 17.3 Å². The Kier molecular flexibility index (Phi) is 5.22. The van der Waals surface area contributed by atoms with Crippen LogP contribution >= 0.6 is 0 Å². The van der Waals surface area contributed by atoms with Crippen LogP contribution in [0.15, 0.2) is 42.5 Å². The smallest absolute Gasteiger partial charge is 0.223 e. The minimum absolute atomic E-state index is 0.0912. The van der Waals surface area contributed by atoms with Crippen molar-refractivity contribution in [3.8, 4) is 11.5 Å². The topological polar surface area (TPSA) is 38.8 Å². The Morgan fingerprint density at radius 2 is 1.72 bits per heavy atom. The quantitative estimate of drug-likeness (QED) is 0.820. The van der Waals surface area contributed by atoms with Gasteiger partial charge in [-0.25, -0.2) is 4.39 Å². The number of carbonyl (C=O) groups excluding carboxylic acids is 1. The molecular weight excluding hydrogens is 321 g/mol. The van der Waals surface area contributed by atoms with Crippen LogP contribution in [0.25, 0.3) is 0 Å². The zero-order valence-electron chi connectivity index (χ0n) is 14.5. The van der Waals surface area contributed by atoms with Crippen LogP contribution in [0.2, 0.25) is 0 Å². The summed E-state index contributed by atoms with van der Waals surface area (Å²) in [7, 11) is 3.24. The maximum Gasteiger partial charge on any atom is 0.223 e. The largest absolute Gasteiger partial charge is 0.496 e. The number of amides is 1. The van der Waals surface area contributed by atoms with Crippen LogP contribution in [0.3, 0.4) is 0 Å². The zero-order valence-corrected chi connectivity index (χ0v) is 14.5. The molecule has 5 heteroatoms. The fourth-order valence-electron chi connectivity index (χ4n) is 3.41. The van der Waals surface area contributed by atoms with Crippen molar-refractivity contribution < 1.29 is 18.7 Å². The molecule has 0 spiro atoms. The van der Waals surface area contributed by atoms with Gasteiger partial charge in [0.05, 0.1) is 25.8 Å². The van der Waals surface area contributed by atoms with Gasteiger partial charge in [-0.1, -0.05) is 18.2 Å². The molecular formula is C20H22FNO3. The molecule has 1 saturated heterocycles. The van der Waals surface area contributed by atoms with E-state index in [4.69, 9.17) is 9.47 Å². The number of methoxy groups -OCH3 is 2. The van der Waals surface area contributed by atoms with Crippen molar-refractivity contribution in [3.63, 3.8) is 0 Å². The molecule has 2 aromatic rings. The van der Waals surface area contributed by atoms with Gasteiger partial charge in [-0.2, -0.15) is 0 Å². The van der Waals surface area contributed by atoms with E-state index >= 15 is 0 Å². The van der Waals surface area contributed by atoms with Crippen LogP contribution in [0.5, 0.6) is 11.5 Å². The summed E-state index contributed by atoms with van der Waals surface area (Å²) in [6, 6.07) is 11.8. The van der Waals surface area contributed by atoms with Gasteiger partial charge < -0.3 is 14.4 Å². The monoisotopic (exact) mass is 343 g/mol. The van der Waals surface area contributed by atoms with E-state index in [0.29, 0.717) is 24.5 Å². The summed E-state index contributed by atoms with van der Waals surface area (Å²) in [6.45, 7) is 0.435. The summed E-state index contributed by atoms with van der Waals surface area (Å²) in [5.74, 6) is 1.23. The fraction of sp³-hybridized carbons (Fsp3) is 0.350. The lowest BCUT2D eigenvalue weighted by atomic mass is 9.92. The molecule has 25 heavy (non-hydrogen) atoms. The van der Waals surface area contributed by atoms with Crippen molar-refractivity contribution in [2.24, 2.45) is 0 Å². The van der Waals surface area contributed by atoms with E-state index < -0.39 is 0 Å². The summed E-state index contributed by atoms with van der Waals surface area (Å²) >= 11 is 0. The number of rotatable bonds is 5. The summed E-state index contributed by atoms with van der Waals surface area (Å²) < 4.78 is 24.2. The molecule has 1 unspecified atom stereocenters. The molecule has 132 valence electrons. The number of nitrogens with zero attached hydrogens (tertiary/aromatic N) is 1. The van der Waals surface area contributed by atoms with Crippen molar-refractivity contribution in [2.75, 3.05) is 14.2 Å². The van der Waals surface area contributed by atoms with Gasteiger partial charge in [-0.05, 0) is 42.7 Å². The van der Waals surface area contributed by atoms with Crippen molar-refractivity contribution in [1.29, 1.82) is 0 Å². The number of ether oxygens (including phenoxy) is 2. The van der Waals surface area contributed by atoms with E-state index in [2.05, 4.69) is 0 Å². The lowest BCUT2D eigenvalue weighted by Gasteiger charge is -2.37. The molecule has 1 atom stereocenters. The average Bonchev–Trinajstić information content (AvgIpc) is 2.64. The molecule has 0 radical (unpaired) electrons. The summed E-state index contributed by atoms with van der Waals surface area (Å²) in [6.07, 6.45) is 2.18. The van der Waals surface area contributed by atoms with Crippen molar-refractivity contribution in [1.82, 2.24) is 4.90 Å². The van der Waals surface area contributed by atoms with E-state index in [9.17, 15) is 9.18 Å². The van der Waals surface area contributed by atoms with Gasteiger partial charge in [-0.3, -0.25) is 4.79 Å². The Morgan fingerprint density at radius 1 is 1.08 bits per heavy atom. The third-order valence-electron chi connectivity index (χ3n) is 4.63. The van der Waals surface area contributed by atoms with Crippen LogP contribution in [0.4, 0.5) is 4.39 Å². The van der Waals surface area contributed by atoms with Gasteiger partial charge in [0.15, 0.2) is 0 Å². The van der Waals surface area contributed by atoms with Gasteiger partial charge in [0, 0.05) is 13.0 Å². The van der Waals surface area contributed by atoms with Gasteiger partial charge in [0.2, 0.25) is 5.91 Å².